The molecule has 2 aromatic rings. The topological polar surface area (TPSA) is 47.3 Å². The van der Waals surface area contributed by atoms with Gasteiger partial charge in [0.15, 0.2) is 0 Å². The van der Waals surface area contributed by atoms with Crippen LogP contribution >= 0.6 is 0 Å². The highest BCUT2D eigenvalue weighted by molar-refractivity contribution is 5.37. The first-order chi connectivity index (χ1) is 8.38. The van der Waals surface area contributed by atoms with E-state index in [-0.39, 0.29) is 0 Å². The summed E-state index contributed by atoms with van der Waals surface area (Å²) in [5, 5.41) is 3.23. The summed E-state index contributed by atoms with van der Waals surface area (Å²) < 4.78 is 10.6. The first-order valence-electron chi connectivity index (χ1n) is 5.74. The molecule has 1 N–H and O–H groups in total. The molecule has 0 atom stereocenters. The summed E-state index contributed by atoms with van der Waals surface area (Å²) in [6, 6.07) is 9.55. The second kappa shape index (κ2) is 5.94. The Kier molecular flexibility index (Phi) is 4.02. The third-order valence-electron chi connectivity index (χ3n) is 2.27. The molecule has 0 aliphatic carbocycles. The molecule has 4 heteroatoms. The fraction of sp³-hybridized carbons (Fsp3) is 0.308. The van der Waals surface area contributed by atoms with E-state index in [1.165, 1.54) is 0 Å². The summed E-state index contributed by atoms with van der Waals surface area (Å²) in [4.78, 5) is 4.32. The quantitative estimate of drug-likeness (QED) is 0.831. The molecule has 0 bridgehead atoms. The summed E-state index contributed by atoms with van der Waals surface area (Å²) in [6.45, 7) is 3.36. The van der Waals surface area contributed by atoms with Gasteiger partial charge in [-0.15, -0.1) is 0 Å². The number of rotatable bonds is 6. The predicted octanol–water partition coefficient (Wildman–Crippen LogP) is 2.73. The summed E-state index contributed by atoms with van der Waals surface area (Å²) in [7, 11) is 0. The Morgan fingerprint density at radius 3 is 3.00 bits per heavy atom. The van der Waals surface area contributed by atoms with E-state index in [9.17, 15) is 0 Å². The van der Waals surface area contributed by atoms with Crippen LogP contribution in [0.5, 0.6) is 5.88 Å². The molecule has 2 heterocycles. The third-order valence-corrected chi connectivity index (χ3v) is 2.27. The molecule has 0 unspecified atom stereocenters. The molecule has 0 aliphatic rings. The SMILES string of the molecule is CCOc1cccc(NCCc2ccco2)n1. The van der Waals surface area contributed by atoms with Gasteiger partial charge in [-0.2, -0.15) is 4.98 Å². The molecule has 2 aromatic heterocycles. The van der Waals surface area contributed by atoms with Crippen LogP contribution in [0.4, 0.5) is 5.82 Å². The van der Waals surface area contributed by atoms with Crippen molar-refractivity contribution in [2.45, 2.75) is 13.3 Å². The molecule has 0 saturated heterocycles. The zero-order chi connectivity index (χ0) is 11.9. The number of hydrogen-bond acceptors (Lipinski definition) is 4. The number of ether oxygens (including phenoxy) is 1. The lowest BCUT2D eigenvalue weighted by Crippen LogP contribution is -2.06. The van der Waals surface area contributed by atoms with Gasteiger partial charge in [0.1, 0.15) is 11.6 Å². The van der Waals surface area contributed by atoms with E-state index in [1.807, 2.05) is 37.3 Å². The fourth-order valence-electron chi connectivity index (χ4n) is 1.51. The van der Waals surface area contributed by atoms with Gasteiger partial charge in [0, 0.05) is 19.0 Å². The Morgan fingerprint density at radius 1 is 1.29 bits per heavy atom. The summed E-state index contributed by atoms with van der Waals surface area (Å²) in [5.74, 6) is 2.44. The lowest BCUT2D eigenvalue weighted by atomic mass is 10.3. The Balaban J connectivity index is 1.84. The van der Waals surface area contributed by atoms with Gasteiger partial charge in [-0.25, -0.2) is 0 Å². The average Bonchev–Trinajstić information content (AvgIpc) is 2.83. The van der Waals surface area contributed by atoms with Crippen LogP contribution in [0.15, 0.2) is 41.0 Å². The molecule has 4 nitrogen and oxygen atoms in total. The van der Waals surface area contributed by atoms with Crippen molar-refractivity contribution in [2.24, 2.45) is 0 Å². The van der Waals surface area contributed by atoms with E-state index in [2.05, 4.69) is 10.3 Å². The maximum Gasteiger partial charge on any atom is 0.215 e. The lowest BCUT2D eigenvalue weighted by molar-refractivity contribution is 0.327. The van der Waals surface area contributed by atoms with Crippen molar-refractivity contribution in [1.82, 2.24) is 4.98 Å². The average molecular weight is 232 g/mol. The van der Waals surface area contributed by atoms with Crippen molar-refractivity contribution in [3.05, 3.63) is 42.4 Å². The maximum atomic E-state index is 5.33. The number of pyridine rings is 1. The van der Waals surface area contributed by atoms with Crippen LogP contribution in [0.2, 0.25) is 0 Å². The fourth-order valence-corrected chi connectivity index (χ4v) is 1.51. The van der Waals surface area contributed by atoms with E-state index in [1.54, 1.807) is 6.26 Å². The normalized spacial score (nSPS) is 10.2. The molecular formula is C13H16N2O2. The van der Waals surface area contributed by atoms with E-state index in [0.29, 0.717) is 12.5 Å². The van der Waals surface area contributed by atoms with Gasteiger partial charge in [0.25, 0.3) is 0 Å². The van der Waals surface area contributed by atoms with Crippen LogP contribution in [0.1, 0.15) is 12.7 Å². The van der Waals surface area contributed by atoms with Gasteiger partial charge < -0.3 is 14.5 Å². The molecule has 0 amide bonds. The van der Waals surface area contributed by atoms with E-state index >= 15 is 0 Å². The van der Waals surface area contributed by atoms with Gasteiger partial charge in [-0.1, -0.05) is 6.07 Å². The molecule has 0 aliphatic heterocycles. The van der Waals surface area contributed by atoms with Gasteiger partial charge in [0.05, 0.1) is 12.9 Å². The van der Waals surface area contributed by atoms with Gasteiger partial charge >= 0.3 is 0 Å². The van der Waals surface area contributed by atoms with Crippen molar-refractivity contribution in [3.8, 4) is 5.88 Å². The van der Waals surface area contributed by atoms with Crippen LogP contribution < -0.4 is 10.1 Å². The number of furan rings is 1. The number of nitrogens with zero attached hydrogens (tertiary/aromatic N) is 1. The van der Waals surface area contributed by atoms with Crippen LogP contribution in [0.3, 0.4) is 0 Å². The number of aromatic nitrogens is 1. The number of nitrogens with one attached hydrogen (secondary N) is 1. The van der Waals surface area contributed by atoms with E-state index < -0.39 is 0 Å². The molecular weight excluding hydrogens is 216 g/mol. The van der Waals surface area contributed by atoms with E-state index in [4.69, 9.17) is 9.15 Å². The molecule has 0 aromatic carbocycles. The molecule has 0 saturated carbocycles. The van der Waals surface area contributed by atoms with Gasteiger partial charge in [-0.3, -0.25) is 0 Å². The van der Waals surface area contributed by atoms with Crippen LogP contribution in [-0.4, -0.2) is 18.1 Å². The first kappa shape index (κ1) is 11.5. The largest absolute Gasteiger partial charge is 0.478 e. The lowest BCUT2D eigenvalue weighted by Gasteiger charge is -2.06. The second-order valence-corrected chi connectivity index (χ2v) is 3.55. The Labute approximate surface area is 101 Å². The monoisotopic (exact) mass is 232 g/mol. The standard InChI is InChI=1S/C13H16N2O2/c1-2-16-13-7-3-6-12(15-13)14-9-8-11-5-4-10-17-11/h3-7,10H,2,8-9H2,1H3,(H,14,15). The summed E-state index contributed by atoms with van der Waals surface area (Å²) >= 11 is 0. The minimum atomic E-state index is 0.628. The zero-order valence-electron chi connectivity index (χ0n) is 9.85. The highest BCUT2D eigenvalue weighted by Gasteiger charge is 1.99. The highest BCUT2D eigenvalue weighted by Crippen LogP contribution is 2.11. The summed E-state index contributed by atoms with van der Waals surface area (Å²) in [6.07, 6.45) is 2.52. The first-order valence-corrected chi connectivity index (χ1v) is 5.74. The molecule has 0 radical (unpaired) electrons. The highest BCUT2D eigenvalue weighted by atomic mass is 16.5. The van der Waals surface area contributed by atoms with Crippen molar-refractivity contribution >= 4 is 5.82 Å². The molecule has 0 fully saturated rings. The number of anilines is 1. The Bertz CT molecular complexity index is 440. The van der Waals surface area contributed by atoms with Crippen molar-refractivity contribution in [2.75, 3.05) is 18.5 Å². The molecule has 90 valence electrons. The Morgan fingerprint density at radius 2 is 2.24 bits per heavy atom. The number of hydrogen-bond donors (Lipinski definition) is 1. The Hall–Kier alpha value is -1.97. The van der Waals surface area contributed by atoms with E-state index in [0.717, 1.165) is 24.5 Å². The molecule has 0 spiro atoms. The van der Waals surface area contributed by atoms with Gasteiger partial charge in [-0.05, 0) is 25.1 Å². The molecule has 2 rings (SSSR count). The molecule has 17 heavy (non-hydrogen) atoms. The van der Waals surface area contributed by atoms with Gasteiger partial charge in [0.2, 0.25) is 5.88 Å². The zero-order valence-corrected chi connectivity index (χ0v) is 9.85. The minimum Gasteiger partial charge on any atom is -0.478 e. The second-order valence-electron chi connectivity index (χ2n) is 3.55. The van der Waals surface area contributed by atoms with Crippen LogP contribution in [0.25, 0.3) is 0 Å². The predicted molar refractivity (Wildman–Crippen MR) is 66.3 cm³/mol. The van der Waals surface area contributed by atoms with Crippen LogP contribution in [0, 0.1) is 0 Å². The third kappa shape index (κ3) is 3.52. The smallest absolute Gasteiger partial charge is 0.215 e. The maximum absolute atomic E-state index is 5.33. The van der Waals surface area contributed by atoms with Crippen molar-refractivity contribution in [3.63, 3.8) is 0 Å². The summed E-state index contributed by atoms with van der Waals surface area (Å²) in [5.41, 5.74) is 0. The van der Waals surface area contributed by atoms with Crippen LogP contribution in [-0.2, 0) is 6.42 Å². The minimum absolute atomic E-state index is 0.628. The van der Waals surface area contributed by atoms with Crippen molar-refractivity contribution in [1.29, 1.82) is 0 Å². The van der Waals surface area contributed by atoms with Crippen molar-refractivity contribution < 1.29 is 9.15 Å².